The number of rotatable bonds is 3. The van der Waals surface area contributed by atoms with Crippen LogP contribution < -0.4 is 0 Å². The second-order valence-corrected chi connectivity index (χ2v) is 5.03. The Morgan fingerprint density at radius 2 is 1.94 bits per heavy atom. The van der Waals surface area contributed by atoms with Gasteiger partial charge in [0.25, 0.3) is 0 Å². The molecule has 0 radical (unpaired) electrons. The van der Waals surface area contributed by atoms with Gasteiger partial charge in [0.05, 0.1) is 12.3 Å². The molecule has 0 aliphatic heterocycles. The molecule has 0 fully saturated rings. The van der Waals surface area contributed by atoms with E-state index in [2.05, 4.69) is 27.6 Å². The molecule has 1 aromatic heterocycles. The van der Waals surface area contributed by atoms with Crippen molar-refractivity contribution in [2.24, 2.45) is 0 Å². The predicted octanol–water partition coefficient (Wildman–Crippen LogP) is 3.10. The summed E-state index contributed by atoms with van der Waals surface area (Å²) in [6, 6.07) is 9.18. The summed E-state index contributed by atoms with van der Waals surface area (Å²) in [4.78, 5) is 3.72. The van der Waals surface area contributed by atoms with Gasteiger partial charge in [0.15, 0.2) is 0 Å². The average molecular weight is 343 g/mol. The third-order valence-electron chi connectivity index (χ3n) is 2.45. The summed E-state index contributed by atoms with van der Waals surface area (Å²) < 4.78 is 14.1. The summed E-state index contributed by atoms with van der Waals surface area (Å²) in [5.41, 5.74) is 1.52. The van der Waals surface area contributed by atoms with Crippen LogP contribution >= 0.6 is 22.6 Å². The summed E-state index contributed by atoms with van der Waals surface area (Å²) in [6.45, 7) is 0. The average Bonchev–Trinajstić information content (AvgIpc) is 2.32. The Balaban J connectivity index is 2.11. The lowest BCUT2D eigenvalue weighted by Gasteiger charge is -2.10. The smallest absolute Gasteiger partial charge is 0.141 e. The highest BCUT2D eigenvalue weighted by Gasteiger charge is 2.09. The molecule has 1 N–H and O–H groups in total. The van der Waals surface area contributed by atoms with Crippen LogP contribution in [0.2, 0.25) is 0 Å². The SMILES string of the molecule is OC(Cc1ccc(I)cc1)c1cncc(F)c1. The Morgan fingerprint density at radius 3 is 2.59 bits per heavy atom. The summed E-state index contributed by atoms with van der Waals surface area (Å²) in [5, 5.41) is 9.96. The molecule has 2 rings (SSSR count). The highest BCUT2D eigenvalue weighted by molar-refractivity contribution is 14.1. The monoisotopic (exact) mass is 343 g/mol. The van der Waals surface area contributed by atoms with Crippen molar-refractivity contribution in [3.05, 3.63) is 63.2 Å². The lowest BCUT2D eigenvalue weighted by molar-refractivity contribution is 0.177. The fourth-order valence-corrected chi connectivity index (χ4v) is 1.93. The van der Waals surface area contributed by atoms with E-state index in [0.29, 0.717) is 12.0 Å². The minimum absolute atomic E-state index is 0.427. The van der Waals surface area contributed by atoms with Gasteiger partial charge in [0, 0.05) is 21.8 Å². The van der Waals surface area contributed by atoms with Crippen molar-refractivity contribution >= 4 is 22.6 Å². The number of aliphatic hydroxyl groups excluding tert-OH is 1. The molecule has 0 bridgehead atoms. The number of pyridine rings is 1. The number of halogens is 2. The molecular weight excluding hydrogens is 332 g/mol. The molecule has 0 aliphatic rings. The maximum Gasteiger partial charge on any atom is 0.141 e. The second kappa shape index (κ2) is 5.55. The number of nitrogens with zero attached hydrogens (tertiary/aromatic N) is 1. The van der Waals surface area contributed by atoms with Crippen LogP contribution in [0.5, 0.6) is 0 Å². The maximum absolute atomic E-state index is 12.9. The van der Waals surface area contributed by atoms with Gasteiger partial charge in [0.1, 0.15) is 5.82 Å². The normalized spacial score (nSPS) is 12.4. The number of hydrogen-bond acceptors (Lipinski definition) is 2. The van der Waals surface area contributed by atoms with E-state index in [0.717, 1.165) is 15.3 Å². The highest BCUT2D eigenvalue weighted by atomic mass is 127. The molecule has 88 valence electrons. The van der Waals surface area contributed by atoms with Gasteiger partial charge >= 0.3 is 0 Å². The zero-order chi connectivity index (χ0) is 12.3. The first kappa shape index (κ1) is 12.4. The zero-order valence-corrected chi connectivity index (χ0v) is 11.1. The highest BCUT2D eigenvalue weighted by Crippen LogP contribution is 2.18. The van der Waals surface area contributed by atoms with Gasteiger partial charge in [-0.15, -0.1) is 0 Å². The van der Waals surface area contributed by atoms with Gasteiger partial charge in [-0.05, 0) is 46.4 Å². The largest absolute Gasteiger partial charge is 0.388 e. The number of hydrogen-bond donors (Lipinski definition) is 1. The summed E-state index contributed by atoms with van der Waals surface area (Å²) in [6.07, 6.45) is 2.35. The topological polar surface area (TPSA) is 33.1 Å². The summed E-state index contributed by atoms with van der Waals surface area (Å²) in [5.74, 6) is -0.427. The van der Waals surface area contributed by atoms with Crippen LogP contribution in [0, 0.1) is 9.39 Å². The molecule has 1 heterocycles. The number of aliphatic hydroxyl groups is 1. The van der Waals surface area contributed by atoms with Gasteiger partial charge in [-0.2, -0.15) is 0 Å². The molecule has 17 heavy (non-hydrogen) atoms. The van der Waals surface area contributed by atoms with E-state index >= 15 is 0 Å². The fourth-order valence-electron chi connectivity index (χ4n) is 1.57. The minimum Gasteiger partial charge on any atom is -0.388 e. The van der Waals surface area contributed by atoms with Crippen molar-refractivity contribution in [2.75, 3.05) is 0 Å². The van der Waals surface area contributed by atoms with Crippen LogP contribution in [0.1, 0.15) is 17.2 Å². The van der Waals surface area contributed by atoms with Crippen molar-refractivity contribution in [3.63, 3.8) is 0 Å². The molecule has 0 saturated heterocycles. The number of aromatic nitrogens is 1. The molecule has 4 heteroatoms. The fraction of sp³-hybridized carbons (Fsp3) is 0.154. The molecule has 1 atom stereocenters. The zero-order valence-electron chi connectivity index (χ0n) is 8.98. The van der Waals surface area contributed by atoms with E-state index in [1.165, 1.54) is 12.3 Å². The minimum atomic E-state index is -0.724. The lowest BCUT2D eigenvalue weighted by Crippen LogP contribution is -2.02. The quantitative estimate of drug-likeness (QED) is 0.869. The molecule has 0 spiro atoms. The first-order valence-electron chi connectivity index (χ1n) is 5.18. The van der Waals surface area contributed by atoms with Crippen LogP contribution in [-0.2, 0) is 6.42 Å². The number of benzene rings is 1. The Hall–Kier alpha value is -1.01. The summed E-state index contributed by atoms with van der Waals surface area (Å²) in [7, 11) is 0. The van der Waals surface area contributed by atoms with E-state index in [-0.39, 0.29) is 0 Å². The first-order valence-corrected chi connectivity index (χ1v) is 6.26. The first-order chi connectivity index (χ1) is 8.15. The van der Waals surface area contributed by atoms with Crippen LogP contribution in [0.25, 0.3) is 0 Å². The van der Waals surface area contributed by atoms with Gasteiger partial charge < -0.3 is 5.11 Å². The van der Waals surface area contributed by atoms with Gasteiger partial charge in [-0.3, -0.25) is 4.98 Å². The van der Waals surface area contributed by atoms with Crippen molar-refractivity contribution in [3.8, 4) is 0 Å². The van der Waals surface area contributed by atoms with Gasteiger partial charge in [0.2, 0.25) is 0 Å². The molecule has 0 saturated carbocycles. The molecule has 0 aliphatic carbocycles. The van der Waals surface area contributed by atoms with Crippen LogP contribution in [0.4, 0.5) is 4.39 Å². The molecule has 1 unspecified atom stereocenters. The molecule has 1 aromatic carbocycles. The van der Waals surface area contributed by atoms with E-state index in [4.69, 9.17) is 0 Å². The Morgan fingerprint density at radius 1 is 1.24 bits per heavy atom. The molecule has 2 aromatic rings. The Kier molecular flexibility index (Phi) is 4.06. The Bertz CT molecular complexity index is 501. The third-order valence-corrected chi connectivity index (χ3v) is 3.17. The van der Waals surface area contributed by atoms with Gasteiger partial charge in [-0.1, -0.05) is 12.1 Å². The van der Waals surface area contributed by atoms with Gasteiger partial charge in [-0.25, -0.2) is 4.39 Å². The van der Waals surface area contributed by atoms with Crippen molar-refractivity contribution in [1.29, 1.82) is 0 Å². The maximum atomic E-state index is 12.9. The van der Waals surface area contributed by atoms with E-state index in [1.54, 1.807) is 0 Å². The second-order valence-electron chi connectivity index (χ2n) is 3.78. The lowest BCUT2D eigenvalue weighted by atomic mass is 10.0. The third kappa shape index (κ3) is 3.47. The van der Waals surface area contributed by atoms with Crippen molar-refractivity contribution in [1.82, 2.24) is 4.98 Å². The van der Waals surface area contributed by atoms with Crippen molar-refractivity contribution < 1.29 is 9.50 Å². The van der Waals surface area contributed by atoms with E-state index < -0.39 is 11.9 Å². The van der Waals surface area contributed by atoms with Crippen LogP contribution in [-0.4, -0.2) is 10.1 Å². The molecular formula is C13H11FINO. The molecule has 2 nitrogen and oxygen atoms in total. The van der Waals surface area contributed by atoms with Crippen molar-refractivity contribution in [2.45, 2.75) is 12.5 Å². The standard InChI is InChI=1S/C13H11FINO/c14-11-6-10(7-16-8-11)13(17)5-9-1-3-12(15)4-2-9/h1-4,6-8,13,17H,5H2. The Labute approximate surface area is 113 Å². The molecule has 0 amide bonds. The summed E-state index contributed by atoms with van der Waals surface area (Å²) >= 11 is 2.22. The van der Waals surface area contributed by atoms with Crippen LogP contribution in [0.3, 0.4) is 0 Å². The van der Waals surface area contributed by atoms with Crippen LogP contribution in [0.15, 0.2) is 42.7 Å². The van der Waals surface area contributed by atoms with E-state index in [1.807, 2.05) is 24.3 Å². The van der Waals surface area contributed by atoms with E-state index in [9.17, 15) is 9.50 Å². The predicted molar refractivity (Wildman–Crippen MR) is 72.0 cm³/mol.